The molecule has 5 nitrogen and oxygen atoms in total. The zero-order valence-electron chi connectivity index (χ0n) is 15.9. The minimum Gasteiger partial charge on any atom is -0.497 e. The smallest absolute Gasteiger partial charge is 0.242 e. The van der Waals surface area contributed by atoms with Crippen LogP contribution in [0.3, 0.4) is 0 Å². The largest absolute Gasteiger partial charge is 0.497 e. The number of amides is 1. The molecule has 0 aliphatic heterocycles. The van der Waals surface area contributed by atoms with Crippen LogP contribution >= 0.6 is 0 Å². The molecule has 1 aromatic heterocycles. The average molecular weight is 374 g/mol. The summed E-state index contributed by atoms with van der Waals surface area (Å²) in [5, 5.41) is 8.33. The van der Waals surface area contributed by atoms with Gasteiger partial charge >= 0.3 is 0 Å². The zero-order chi connectivity index (χ0) is 19.5. The highest BCUT2D eigenvalue weighted by molar-refractivity contribution is 6.06. The van der Waals surface area contributed by atoms with E-state index in [1.807, 2.05) is 73.7 Å². The van der Waals surface area contributed by atoms with E-state index in [0.29, 0.717) is 6.54 Å². The summed E-state index contributed by atoms with van der Waals surface area (Å²) in [5.41, 5.74) is 3.60. The summed E-state index contributed by atoms with van der Waals surface area (Å²) in [5.74, 6) is 0.736. The molecule has 0 spiro atoms. The van der Waals surface area contributed by atoms with Crippen LogP contribution in [0.25, 0.3) is 21.9 Å². The molecule has 0 bridgehead atoms. The normalized spacial score (nSPS) is 12.1. The zero-order valence-corrected chi connectivity index (χ0v) is 15.9. The highest BCUT2D eigenvalue weighted by Gasteiger charge is 2.13. The summed E-state index contributed by atoms with van der Waals surface area (Å²) in [7, 11) is 1.63. The summed E-state index contributed by atoms with van der Waals surface area (Å²) in [6.45, 7) is 2.32. The summed E-state index contributed by atoms with van der Waals surface area (Å²) in [6, 6.07) is 21.1. The number of rotatable bonds is 6. The standard InChI is InChI=1S/C23H22N2O3/c1-15(23(26)24-14-16-7-10-18(27-2)11-8-16)25-17-9-12-22-20(13-17)19-5-3-4-6-21(19)28-22/h3-13,15,25H,14H2,1-2H3,(H,24,26)/t15-/m1/s1. The number of ether oxygens (including phenoxy) is 1. The van der Waals surface area contributed by atoms with E-state index in [2.05, 4.69) is 10.6 Å². The van der Waals surface area contributed by atoms with Gasteiger partial charge in [0, 0.05) is 23.0 Å². The van der Waals surface area contributed by atoms with Crippen molar-refractivity contribution in [1.82, 2.24) is 5.32 Å². The van der Waals surface area contributed by atoms with Crippen LogP contribution in [-0.4, -0.2) is 19.1 Å². The number of anilines is 1. The SMILES string of the molecule is COc1ccc(CNC(=O)[C@@H](C)Nc2ccc3oc4ccccc4c3c2)cc1. The number of para-hydroxylation sites is 1. The molecule has 0 saturated heterocycles. The highest BCUT2D eigenvalue weighted by Crippen LogP contribution is 2.30. The third kappa shape index (κ3) is 3.64. The van der Waals surface area contributed by atoms with Crippen LogP contribution in [0.1, 0.15) is 12.5 Å². The molecule has 0 fully saturated rings. The lowest BCUT2D eigenvalue weighted by Gasteiger charge is -2.15. The molecular formula is C23H22N2O3. The van der Waals surface area contributed by atoms with E-state index in [1.165, 1.54) is 0 Å². The van der Waals surface area contributed by atoms with Crippen molar-refractivity contribution in [3.63, 3.8) is 0 Å². The van der Waals surface area contributed by atoms with Crippen molar-refractivity contribution in [1.29, 1.82) is 0 Å². The van der Waals surface area contributed by atoms with Crippen LogP contribution in [0.5, 0.6) is 5.75 Å². The van der Waals surface area contributed by atoms with Gasteiger partial charge in [-0.05, 0) is 48.9 Å². The van der Waals surface area contributed by atoms with Crippen LogP contribution in [0.15, 0.2) is 71.1 Å². The maximum absolute atomic E-state index is 12.5. The van der Waals surface area contributed by atoms with Crippen molar-refractivity contribution in [3.05, 3.63) is 72.3 Å². The Labute approximate surface area is 163 Å². The Kier molecular flexibility index (Phi) is 4.89. The lowest BCUT2D eigenvalue weighted by Crippen LogP contribution is -2.37. The van der Waals surface area contributed by atoms with Crippen LogP contribution in [0, 0.1) is 0 Å². The Hall–Kier alpha value is -3.47. The second-order valence-electron chi connectivity index (χ2n) is 6.74. The molecule has 2 N–H and O–H groups in total. The van der Waals surface area contributed by atoms with Gasteiger partial charge in [-0.25, -0.2) is 0 Å². The van der Waals surface area contributed by atoms with Crippen molar-refractivity contribution in [2.75, 3.05) is 12.4 Å². The number of hydrogen-bond donors (Lipinski definition) is 2. The van der Waals surface area contributed by atoms with E-state index >= 15 is 0 Å². The summed E-state index contributed by atoms with van der Waals surface area (Å²) in [6.07, 6.45) is 0. The lowest BCUT2D eigenvalue weighted by atomic mass is 10.1. The number of methoxy groups -OCH3 is 1. The number of carbonyl (C=O) groups is 1. The fourth-order valence-electron chi connectivity index (χ4n) is 3.22. The molecule has 1 heterocycles. The average Bonchev–Trinajstić information content (AvgIpc) is 3.10. The van der Waals surface area contributed by atoms with E-state index in [1.54, 1.807) is 7.11 Å². The maximum Gasteiger partial charge on any atom is 0.242 e. The summed E-state index contributed by atoms with van der Waals surface area (Å²) >= 11 is 0. The summed E-state index contributed by atoms with van der Waals surface area (Å²) in [4.78, 5) is 12.5. The van der Waals surface area contributed by atoms with Crippen LogP contribution < -0.4 is 15.4 Å². The Morgan fingerprint density at radius 2 is 1.75 bits per heavy atom. The van der Waals surface area contributed by atoms with Gasteiger partial charge in [0.15, 0.2) is 0 Å². The number of benzene rings is 3. The fraction of sp³-hybridized carbons (Fsp3) is 0.174. The van der Waals surface area contributed by atoms with Gasteiger partial charge in [0.25, 0.3) is 0 Å². The molecule has 4 aromatic rings. The number of furan rings is 1. The third-order valence-electron chi connectivity index (χ3n) is 4.78. The second-order valence-corrected chi connectivity index (χ2v) is 6.74. The van der Waals surface area contributed by atoms with Gasteiger partial charge in [-0.15, -0.1) is 0 Å². The van der Waals surface area contributed by atoms with Gasteiger partial charge in [-0.3, -0.25) is 4.79 Å². The predicted octanol–water partition coefficient (Wildman–Crippen LogP) is 4.71. The van der Waals surface area contributed by atoms with Crippen LogP contribution in [0.4, 0.5) is 5.69 Å². The molecule has 28 heavy (non-hydrogen) atoms. The first-order valence-corrected chi connectivity index (χ1v) is 9.22. The van der Waals surface area contributed by atoms with Crippen molar-refractivity contribution in [2.45, 2.75) is 19.5 Å². The van der Waals surface area contributed by atoms with E-state index in [9.17, 15) is 4.79 Å². The Morgan fingerprint density at radius 1 is 1.00 bits per heavy atom. The second kappa shape index (κ2) is 7.64. The number of carbonyl (C=O) groups excluding carboxylic acids is 1. The minimum atomic E-state index is -0.367. The van der Waals surface area contributed by atoms with Gasteiger partial charge in [0.2, 0.25) is 5.91 Å². The monoisotopic (exact) mass is 374 g/mol. The molecular weight excluding hydrogens is 352 g/mol. The van der Waals surface area contributed by atoms with E-state index in [4.69, 9.17) is 9.15 Å². The number of hydrogen-bond acceptors (Lipinski definition) is 4. The first-order valence-electron chi connectivity index (χ1n) is 9.22. The van der Waals surface area contributed by atoms with Gasteiger partial charge in [0.1, 0.15) is 23.0 Å². The summed E-state index contributed by atoms with van der Waals surface area (Å²) < 4.78 is 11.0. The molecule has 1 atom stereocenters. The van der Waals surface area contributed by atoms with Gasteiger partial charge < -0.3 is 19.8 Å². The van der Waals surface area contributed by atoms with E-state index < -0.39 is 0 Å². The fourth-order valence-corrected chi connectivity index (χ4v) is 3.22. The van der Waals surface area contributed by atoms with Crippen LogP contribution in [0.2, 0.25) is 0 Å². The molecule has 0 radical (unpaired) electrons. The molecule has 142 valence electrons. The first kappa shape index (κ1) is 17.9. The molecule has 1 amide bonds. The van der Waals surface area contributed by atoms with E-state index in [-0.39, 0.29) is 11.9 Å². The Balaban J connectivity index is 1.42. The Bertz CT molecular complexity index is 1120. The van der Waals surface area contributed by atoms with Gasteiger partial charge in [-0.1, -0.05) is 30.3 Å². The number of fused-ring (bicyclic) bond motifs is 3. The maximum atomic E-state index is 12.5. The molecule has 3 aromatic carbocycles. The molecule has 0 aliphatic carbocycles. The van der Waals surface area contributed by atoms with Crippen molar-refractivity contribution in [2.24, 2.45) is 0 Å². The lowest BCUT2D eigenvalue weighted by molar-refractivity contribution is -0.121. The minimum absolute atomic E-state index is 0.0621. The van der Waals surface area contributed by atoms with Gasteiger partial charge in [0.05, 0.1) is 7.11 Å². The van der Waals surface area contributed by atoms with Crippen molar-refractivity contribution < 1.29 is 13.9 Å². The Morgan fingerprint density at radius 3 is 2.54 bits per heavy atom. The highest BCUT2D eigenvalue weighted by atomic mass is 16.5. The quantitative estimate of drug-likeness (QED) is 0.513. The van der Waals surface area contributed by atoms with E-state index in [0.717, 1.165) is 38.9 Å². The van der Waals surface area contributed by atoms with Gasteiger partial charge in [-0.2, -0.15) is 0 Å². The third-order valence-corrected chi connectivity index (χ3v) is 4.78. The molecule has 0 aliphatic rings. The first-order chi connectivity index (χ1) is 13.6. The molecule has 0 unspecified atom stereocenters. The molecule has 5 heteroatoms. The van der Waals surface area contributed by atoms with Crippen molar-refractivity contribution >= 4 is 33.5 Å². The van der Waals surface area contributed by atoms with Crippen LogP contribution in [-0.2, 0) is 11.3 Å². The number of nitrogens with one attached hydrogen (secondary N) is 2. The predicted molar refractivity (Wildman–Crippen MR) is 112 cm³/mol. The topological polar surface area (TPSA) is 63.5 Å². The molecule has 0 saturated carbocycles. The molecule has 4 rings (SSSR count). The van der Waals surface area contributed by atoms with Crippen molar-refractivity contribution in [3.8, 4) is 5.75 Å².